The Bertz CT molecular complexity index is 149. The molecule has 1 rings (SSSR count). The van der Waals surface area contributed by atoms with Crippen molar-refractivity contribution < 1.29 is 0 Å². The monoisotopic (exact) mass is 126 g/mol. The molecule has 1 atom stereocenters. The van der Waals surface area contributed by atoms with Crippen LogP contribution in [0.4, 0.5) is 0 Å². The number of aromatic nitrogens is 2. The van der Waals surface area contributed by atoms with E-state index < -0.39 is 0 Å². The standard InChI is InChI=1S/C5H7N2P/c1-4-2-6-5(8)7-3-4/h2-3H,8H2,1H3. The van der Waals surface area contributed by atoms with E-state index in [1.807, 2.05) is 6.92 Å². The molecule has 0 aromatic carbocycles. The average Bonchev–Trinajstić information content (AvgIpc) is 1.77. The lowest BCUT2D eigenvalue weighted by Gasteiger charge is -1.88. The number of hydrogen-bond donors (Lipinski definition) is 0. The molecule has 0 radical (unpaired) electrons. The smallest absolute Gasteiger partial charge is 0.144 e. The summed E-state index contributed by atoms with van der Waals surface area (Å²) < 4.78 is 0. The summed E-state index contributed by atoms with van der Waals surface area (Å²) in [6.45, 7) is 1.96. The normalized spacial score (nSPS) is 9.25. The molecular formula is C5H7N2P. The van der Waals surface area contributed by atoms with Crippen LogP contribution in [0.5, 0.6) is 0 Å². The topological polar surface area (TPSA) is 25.8 Å². The minimum atomic E-state index is 0.746. The number of nitrogens with zero attached hydrogens (tertiary/aromatic N) is 2. The molecule has 3 heteroatoms. The maximum atomic E-state index is 3.93. The van der Waals surface area contributed by atoms with Gasteiger partial charge in [-0.05, 0) is 12.5 Å². The highest BCUT2D eigenvalue weighted by Gasteiger charge is 1.82. The molecule has 0 bridgehead atoms. The quantitative estimate of drug-likeness (QED) is 0.467. The first-order valence-electron chi connectivity index (χ1n) is 2.33. The van der Waals surface area contributed by atoms with Crippen LogP contribution in [0.15, 0.2) is 12.4 Å². The maximum absolute atomic E-state index is 3.93. The Morgan fingerprint density at radius 3 is 2.25 bits per heavy atom. The van der Waals surface area contributed by atoms with Crippen molar-refractivity contribution in [2.45, 2.75) is 6.92 Å². The number of rotatable bonds is 0. The first-order valence-corrected chi connectivity index (χ1v) is 2.91. The average molecular weight is 126 g/mol. The molecule has 0 aliphatic rings. The lowest BCUT2D eigenvalue weighted by molar-refractivity contribution is 1.19. The first-order chi connectivity index (χ1) is 3.79. The molecule has 0 N–H and O–H groups in total. The zero-order chi connectivity index (χ0) is 5.98. The molecule has 1 unspecified atom stereocenters. The molecule has 0 spiro atoms. The van der Waals surface area contributed by atoms with E-state index in [4.69, 9.17) is 0 Å². The third-order valence-corrected chi connectivity index (χ3v) is 1.10. The number of hydrogen-bond acceptors (Lipinski definition) is 2. The predicted octanol–water partition coefficient (Wildman–Crippen LogP) is 0.285. The van der Waals surface area contributed by atoms with E-state index in [-0.39, 0.29) is 0 Å². The van der Waals surface area contributed by atoms with Gasteiger partial charge in [0, 0.05) is 12.4 Å². The minimum Gasteiger partial charge on any atom is -0.237 e. The zero-order valence-corrected chi connectivity index (χ0v) is 5.78. The van der Waals surface area contributed by atoms with Gasteiger partial charge in [-0.15, -0.1) is 0 Å². The summed E-state index contributed by atoms with van der Waals surface area (Å²) in [5, 5.41) is 0. The van der Waals surface area contributed by atoms with Crippen LogP contribution in [0.25, 0.3) is 0 Å². The second-order valence-corrected chi connectivity index (χ2v) is 2.14. The van der Waals surface area contributed by atoms with E-state index >= 15 is 0 Å². The molecule has 0 fully saturated rings. The van der Waals surface area contributed by atoms with Gasteiger partial charge < -0.3 is 0 Å². The van der Waals surface area contributed by atoms with Gasteiger partial charge in [0.25, 0.3) is 0 Å². The van der Waals surface area contributed by atoms with Crippen LogP contribution in [0.3, 0.4) is 0 Å². The van der Waals surface area contributed by atoms with Gasteiger partial charge in [0.2, 0.25) is 0 Å². The summed E-state index contributed by atoms with van der Waals surface area (Å²) in [6, 6.07) is 0. The van der Waals surface area contributed by atoms with Crippen LogP contribution < -0.4 is 5.57 Å². The van der Waals surface area contributed by atoms with Crippen molar-refractivity contribution >= 4 is 14.8 Å². The third kappa shape index (κ3) is 1.24. The largest absolute Gasteiger partial charge is 0.237 e. The highest BCUT2D eigenvalue weighted by atomic mass is 31.0. The minimum absolute atomic E-state index is 0.746. The van der Waals surface area contributed by atoms with Crippen LogP contribution in [0.1, 0.15) is 5.56 Å². The van der Waals surface area contributed by atoms with Gasteiger partial charge in [0.15, 0.2) is 0 Å². The Hall–Kier alpha value is -0.490. The van der Waals surface area contributed by atoms with Crippen LogP contribution >= 0.6 is 9.24 Å². The summed E-state index contributed by atoms with van der Waals surface area (Å²) in [4.78, 5) is 7.86. The Kier molecular flexibility index (Phi) is 1.54. The second-order valence-electron chi connectivity index (χ2n) is 1.62. The Morgan fingerprint density at radius 1 is 1.38 bits per heavy atom. The molecule has 0 aliphatic heterocycles. The predicted molar refractivity (Wildman–Crippen MR) is 36.1 cm³/mol. The third-order valence-electron chi connectivity index (χ3n) is 0.801. The fourth-order valence-electron chi connectivity index (χ4n) is 0.403. The van der Waals surface area contributed by atoms with E-state index in [0.29, 0.717) is 0 Å². The zero-order valence-electron chi connectivity index (χ0n) is 4.63. The first kappa shape index (κ1) is 5.64. The molecule has 0 aliphatic carbocycles. The van der Waals surface area contributed by atoms with Gasteiger partial charge in [-0.3, -0.25) is 0 Å². The molecular weight excluding hydrogens is 119 g/mol. The van der Waals surface area contributed by atoms with E-state index in [1.165, 1.54) is 0 Å². The summed E-state index contributed by atoms with van der Waals surface area (Å²) in [6.07, 6.45) is 3.57. The van der Waals surface area contributed by atoms with E-state index in [2.05, 4.69) is 19.2 Å². The van der Waals surface area contributed by atoms with Gasteiger partial charge >= 0.3 is 0 Å². The highest BCUT2D eigenvalue weighted by Crippen LogP contribution is 1.86. The van der Waals surface area contributed by atoms with Gasteiger partial charge in [0.1, 0.15) is 5.57 Å². The fraction of sp³-hybridized carbons (Fsp3) is 0.200. The molecule has 0 saturated carbocycles. The molecule has 0 amide bonds. The van der Waals surface area contributed by atoms with Crippen molar-refractivity contribution in [3.8, 4) is 0 Å². The lowest BCUT2D eigenvalue weighted by Crippen LogP contribution is -2.01. The van der Waals surface area contributed by atoms with Crippen molar-refractivity contribution in [3.05, 3.63) is 18.0 Å². The molecule has 0 saturated heterocycles. The molecule has 1 aromatic heterocycles. The highest BCUT2D eigenvalue weighted by molar-refractivity contribution is 7.26. The molecule has 42 valence electrons. The molecule has 8 heavy (non-hydrogen) atoms. The molecule has 2 nitrogen and oxygen atoms in total. The van der Waals surface area contributed by atoms with Crippen molar-refractivity contribution in [3.63, 3.8) is 0 Å². The Morgan fingerprint density at radius 2 is 1.88 bits per heavy atom. The van der Waals surface area contributed by atoms with E-state index in [1.54, 1.807) is 12.4 Å². The van der Waals surface area contributed by atoms with Crippen molar-refractivity contribution in [2.75, 3.05) is 0 Å². The Balaban J connectivity index is 3.03. The Labute approximate surface area is 50.6 Å². The maximum Gasteiger partial charge on any atom is 0.144 e. The van der Waals surface area contributed by atoms with Gasteiger partial charge in [-0.1, -0.05) is 9.24 Å². The van der Waals surface area contributed by atoms with Crippen molar-refractivity contribution in [1.29, 1.82) is 0 Å². The lowest BCUT2D eigenvalue weighted by atomic mass is 10.4. The number of aryl methyl sites for hydroxylation is 1. The molecule has 1 heterocycles. The fourth-order valence-corrected chi connectivity index (χ4v) is 0.552. The van der Waals surface area contributed by atoms with Crippen LogP contribution in [-0.4, -0.2) is 9.97 Å². The van der Waals surface area contributed by atoms with Crippen molar-refractivity contribution in [1.82, 2.24) is 9.97 Å². The van der Waals surface area contributed by atoms with Crippen molar-refractivity contribution in [2.24, 2.45) is 0 Å². The van der Waals surface area contributed by atoms with Crippen LogP contribution in [-0.2, 0) is 0 Å². The van der Waals surface area contributed by atoms with Gasteiger partial charge in [0.05, 0.1) is 0 Å². The summed E-state index contributed by atoms with van der Waals surface area (Å²) in [5.41, 5.74) is 1.84. The van der Waals surface area contributed by atoms with Gasteiger partial charge in [-0.2, -0.15) is 0 Å². The summed E-state index contributed by atoms with van der Waals surface area (Å²) >= 11 is 0. The van der Waals surface area contributed by atoms with Crippen LogP contribution in [0, 0.1) is 6.92 Å². The molecule has 1 aromatic rings. The van der Waals surface area contributed by atoms with E-state index in [0.717, 1.165) is 11.1 Å². The SMILES string of the molecule is Cc1cnc(P)nc1. The second kappa shape index (κ2) is 2.19. The van der Waals surface area contributed by atoms with E-state index in [9.17, 15) is 0 Å². The van der Waals surface area contributed by atoms with Gasteiger partial charge in [-0.25, -0.2) is 9.97 Å². The summed E-state index contributed by atoms with van der Waals surface area (Å²) in [7, 11) is 2.43. The van der Waals surface area contributed by atoms with Crippen LogP contribution in [0.2, 0.25) is 0 Å². The summed E-state index contributed by atoms with van der Waals surface area (Å²) in [5.74, 6) is 0.